The third kappa shape index (κ3) is 10.0. The van der Waals surface area contributed by atoms with Gasteiger partial charge in [0.25, 0.3) is 12.9 Å². The molecule has 6 aromatic rings. The maximum absolute atomic E-state index is 11.3. The molecule has 0 amide bonds. The molecule has 4 heterocycles. The number of thiophene rings is 1. The number of aryl methyl sites for hydroxylation is 2. The molecule has 8 nitrogen and oxygen atoms in total. The van der Waals surface area contributed by atoms with Gasteiger partial charge in [0.15, 0.2) is 0 Å². The Balaban J connectivity index is 1.31. The number of hydrogen-bond donors (Lipinski definition) is 0. The smallest absolute Gasteiger partial charge is 0.298 e. The third-order valence-corrected chi connectivity index (χ3v) is 10.4. The Kier molecular flexibility index (Phi) is 13.7. The Hall–Kier alpha value is -5.67. The Labute approximate surface area is 321 Å². The molecule has 0 atom stereocenters. The van der Waals surface area contributed by atoms with Crippen molar-refractivity contribution < 1.29 is 19.1 Å². The lowest BCUT2D eigenvalue weighted by atomic mass is 10.0. The van der Waals surface area contributed by atoms with Gasteiger partial charge in [-0.2, -0.15) is 0 Å². The van der Waals surface area contributed by atoms with Crippen LogP contribution in [-0.4, -0.2) is 27.9 Å². The SMILES string of the molecule is CCCCCCc1ccc(N(c2ccc(CCCCCC)cc2)c2ccc(-c3ccnc(-c4cc(OC=O)cc(-c5cc(OC=O)ccn5)n4)c3)s2)cc1. The highest BCUT2D eigenvalue weighted by Gasteiger charge is 2.17. The molecule has 0 bridgehead atoms. The zero-order valence-corrected chi connectivity index (χ0v) is 31.8. The number of unbranched alkanes of at least 4 members (excludes halogenated alkanes) is 6. The summed E-state index contributed by atoms with van der Waals surface area (Å²) in [6, 6.07) is 32.8. The van der Waals surface area contributed by atoms with Crippen LogP contribution in [0.25, 0.3) is 33.2 Å². The molecule has 0 unspecified atom stereocenters. The fourth-order valence-electron chi connectivity index (χ4n) is 6.44. The summed E-state index contributed by atoms with van der Waals surface area (Å²) in [4.78, 5) is 39.5. The molecule has 0 fully saturated rings. The summed E-state index contributed by atoms with van der Waals surface area (Å²) in [7, 11) is 0. The maximum atomic E-state index is 11.3. The average molecular weight is 739 g/mol. The minimum atomic E-state index is 0.286. The number of aromatic nitrogens is 3. The van der Waals surface area contributed by atoms with Crippen molar-refractivity contribution >= 4 is 40.7 Å². The Morgan fingerprint density at radius 1 is 0.574 bits per heavy atom. The quantitative estimate of drug-likeness (QED) is 0.0564. The molecule has 54 heavy (non-hydrogen) atoms. The topological polar surface area (TPSA) is 94.5 Å². The molecule has 2 aromatic carbocycles. The summed E-state index contributed by atoms with van der Waals surface area (Å²) < 4.78 is 10.2. The molecule has 0 aliphatic carbocycles. The van der Waals surface area contributed by atoms with Crippen molar-refractivity contribution in [2.75, 3.05) is 4.90 Å². The van der Waals surface area contributed by atoms with Crippen LogP contribution >= 0.6 is 11.3 Å². The minimum Gasteiger partial charge on any atom is -0.429 e. The molecule has 0 aliphatic rings. The number of carbonyl (C=O) groups is 2. The van der Waals surface area contributed by atoms with Crippen LogP contribution < -0.4 is 14.4 Å². The second-order valence-electron chi connectivity index (χ2n) is 13.2. The number of ether oxygens (including phenoxy) is 2. The molecule has 0 saturated carbocycles. The zero-order valence-electron chi connectivity index (χ0n) is 30.9. The maximum Gasteiger partial charge on any atom is 0.298 e. The van der Waals surface area contributed by atoms with Gasteiger partial charge in [-0.05, 0) is 97.0 Å². The number of anilines is 3. The van der Waals surface area contributed by atoms with Gasteiger partial charge < -0.3 is 14.4 Å². The lowest BCUT2D eigenvalue weighted by Gasteiger charge is -2.24. The van der Waals surface area contributed by atoms with Crippen LogP contribution in [0.5, 0.6) is 11.5 Å². The fourth-order valence-corrected chi connectivity index (χ4v) is 7.48. The first-order chi connectivity index (χ1) is 26.6. The van der Waals surface area contributed by atoms with E-state index >= 15 is 0 Å². The summed E-state index contributed by atoms with van der Waals surface area (Å²) in [5, 5.41) is 1.10. The third-order valence-electron chi connectivity index (χ3n) is 9.31. The standard InChI is InChI=1S/C45H46N4O4S/c1-3-5-7-9-11-33-13-17-36(18-14-33)49(37-19-15-34(16-20-37)12-10-8-6-4-2)45-22-21-44(54-45)35-23-25-46-40(27-35)42-29-39(53-32-51)30-43(48-42)41-28-38(52-31-50)24-26-47-41/h13-32H,3-12H2,1-2H3. The number of rotatable bonds is 20. The van der Waals surface area contributed by atoms with Crippen molar-refractivity contribution in [2.24, 2.45) is 0 Å². The fraction of sp³-hybridized carbons (Fsp3) is 0.267. The highest BCUT2D eigenvalue weighted by Crippen LogP contribution is 2.42. The first-order valence-electron chi connectivity index (χ1n) is 18.8. The van der Waals surface area contributed by atoms with Crippen molar-refractivity contribution in [3.63, 3.8) is 0 Å². The number of carbonyl (C=O) groups excluding carboxylic acids is 2. The van der Waals surface area contributed by atoms with Gasteiger partial charge in [-0.1, -0.05) is 76.6 Å². The van der Waals surface area contributed by atoms with E-state index in [1.807, 2.05) is 12.1 Å². The number of pyridine rings is 3. The second-order valence-corrected chi connectivity index (χ2v) is 14.3. The van der Waals surface area contributed by atoms with Gasteiger partial charge in [0, 0.05) is 46.8 Å². The van der Waals surface area contributed by atoms with E-state index in [0.29, 0.717) is 41.5 Å². The predicted octanol–water partition coefficient (Wildman–Crippen LogP) is 11.7. The molecule has 0 saturated heterocycles. The molecule has 4 aromatic heterocycles. The van der Waals surface area contributed by atoms with Crippen molar-refractivity contribution in [3.8, 4) is 44.7 Å². The lowest BCUT2D eigenvalue weighted by molar-refractivity contribution is -0.121. The van der Waals surface area contributed by atoms with Crippen LogP contribution in [0.2, 0.25) is 0 Å². The summed E-state index contributed by atoms with van der Waals surface area (Å²) in [5.41, 5.74) is 7.92. The van der Waals surface area contributed by atoms with Crippen molar-refractivity contribution in [1.82, 2.24) is 15.0 Å². The van der Waals surface area contributed by atoms with Gasteiger partial charge in [0.1, 0.15) is 16.5 Å². The molecular formula is C45H46N4O4S. The molecular weight excluding hydrogens is 693 g/mol. The molecule has 0 spiro atoms. The van der Waals surface area contributed by atoms with Crippen LogP contribution in [0.15, 0.2) is 109 Å². The summed E-state index contributed by atoms with van der Waals surface area (Å²) >= 11 is 1.71. The second kappa shape index (κ2) is 19.4. The van der Waals surface area contributed by atoms with Gasteiger partial charge in [-0.25, -0.2) is 4.98 Å². The van der Waals surface area contributed by atoms with E-state index in [2.05, 4.69) is 89.4 Å². The largest absolute Gasteiger partial charge is 0.429 e. The first kappa shape index (κ1) is 38.1. The number of nitrogens with zero attached hydrogens (tertiary/aromatic N) is 4. The van der Waals surface area contributed by atoms with Crippen LogP contribution in [-0.2, 0) is 22.4 Å². The van der Waals surface area contributed by atoms with Crippen LogP contribution in [0.4, 0.5) is 16.4 Å². The number of benzene rings is 2. The summed E-state index contributed by atoms with van der Waals surface area (Å²) in [6.07, 6.45) is 15.5. The van der Waals surface area contributed by atoms with E-state index in [1.54, 1.807) is 41.8 Å². The van der Waals surface area contributed by atoms with E-state index in [9.17, 15) is 9.59 Å². The van der Waals surface area contributed by atoms with Gasteiger partial charge >= 0.3 is 0 Å². The monoisotopic (exact) mass is 738 g/mol. The molecule has 9 heteroatoms. The van der Waals surface area contributed by atoms with E-state index in [1.165, 1.54) is 68.7 Å². The molecule has 6 rings (SSSR count). The van der Waals surface area contributed by atoms with Crippen LogP contribution in [0.1, 0.15) is 76.3 Å². The first-order valence-corrected chi connectivity index (χ1v) is 19.6. The van der Waals surface area contributed by atoms with Gasteiger partial charge in [-0.3, -0.25) is 19.6 Å². The van der Waals surface area contributed by atoms with E-state index in [0.717, 1.165) is 39.7 Å². The van der Waals surface area contributed by atoms with Gasteiger partial charge in [0.2, 0.25) is 0 Å². The van der Waals surface area contributed by atoms with Crippen LogP contribution in [0.3, 0.4) is 0 Å². The Morgan fingerprint density at radius 3 is 1.69 bits per heavy atom. The van der Waals surface area contributed by atoms with Crippen molar-refractivity contribution in [2.45, 2.75) is 78.1 Å². The van der Waals surface area contributed by atoms with Crippen molar-refractivity contribution in [3.05, 3.63) is 121 Å². The molecule has 0 radical (unpaired) electrons. The average Bonchev–Trinajstić information content (AvgIpc) is 3.70. The van der Waals surface area contributed by atoms with Crippen molar-refractivity contribution in [1.29, 1.82) is 0 Å². The Bertz CT molecular complexity index is 2060. The normalized spacial score (nSPS) is 10.9. The van der Waals surface area contributed by atoms with Gasteiger partial charge in [0.05, 0.1) is 22.8 Å². The Morgan fingerprint density at radius 2 is 1.11 bits per heavy atom. The van der Waals surface area contributed by atoms with E-state index < -0.39 is 0 Å². The number of hydrogen-bond acceptors (Lipinski definition) is 9. The molecule has 276 valence electrons. The highest BCUT2D eigenvalue weighted by molar-refractivity contribution is 7.19. The summed E-state index contributed by atoms with van der Waals surface area (Å²) in [5.74, 6) is 0.605. The van der Waals surface area contributed by atoms with Crippen LogP contribution in [0, 0.1) is 0 Å². The zero-order chi connectivity index (χ0) is 37.5. The van der Waals surface area contributed by atoms with E-state index in [4.69, 9.17) is 14.5 Å². The molecule has 0 N–H and O–H groups in total. The molecule has 0 aliphatic heterocycles. The summed E-state index contributed by atoms with van der Waals surface area (Å²) in [6.45, 7) is 5.22. The predicted molar refractivity (Wildman–Crippen MR) is 218 cm³/mol. The minimum absolute atomic E-state index is 0.286. The highest BCUT2D eigenvalue weighted by atomic mass is 32.1. The van der Waals surface area contributed by atoms with E-state index in [-0.39, 0.29) is 5.75 Å². The lowest BCUT2D eigenvalue weighted by Crippen LogP contribution is -2.08. The van der Waals surface area contributed by atoms with Gasteiger partial charge in [-0.15, -0.1) is 11.3 Å².